The Morgan fingerprint density at radius 1 is 1.11 bits per heavy atom. The summed E-state index contributed by atoms with van der Waals surface area (Å²) in [5, 5.41) is 2.82. The van der Waals surface area contributed by atoms with Crippen LogP contribution in [0.15, 0.2) is 36.4 Å². The van der Waals surface area contributed by atoms with Gasteiger partial charge in [0, 0.05) is 10.6 Å². The molecule has 2 aromatic rings. The third-order valence-corrected chi connectivity index (χ3v) is 3.18. The Morgan fingerprint density at radius 3 is 2.47 bits per heavy atom. The van der Waals surface area contributed by atoms with Gasteiger partial charge in [-0.15, -0.1) is 0 Å². The normalized spacial score (nSPS) is 10.3. The Labute approximate surface area is 116 Å². The maximum absolute atomic E-state index is 13.6. The van der Waals surface area contributed by atoms with Crippen molar-refractivity contribution >= 4 is 23.2 Å². The number of aryl methyl sites for hydroxylation is 2. The second-order valence-electron chi connectivity index (χ2n) is 4.38. The monoisotopic (exact) mass is 277 g/mol. The van der Waals surface area contributed by atoms with Crippen molar-refractivity contribution in [1.82, 2.24) is 0 Å². The maximum Gasteiger partial charge on any atom is 0.255 e. The van der Waals surface area contributed by atoms with Gasteiger partial charge in [0.2, 0.25) is 0 Å². The summed E-state index contributed by atoms with van der Waals surface area (Å²) in [6.45, 7) is 3.89. The minimum Gasteiger partial charge on any atom is -0.319 e. The van der Waals surface area contributed by atoms with E-state index in [0.29, 0.717) is 10.6 Å². The highest BCUT2D eigenvalue weighted by Gasteiger charge is 2.10. The first kappa shape index (κ1) is 13.6. The molecule has 4 heteroatoms. The molecule has 0 saturated heterocycles. The minimum absolute atomic E-state index is 0.118. The summed E-state index contributed by atoms with van der Waals surface area (Å²) >= 11 is 5.66. The van der Waals surface area contributed by atoms with Crippen molar-refractivity contribution in [2.45, 2.75) is 13.8 Å². The van der Waals surface area contributed by atoms with Crippen LogP contribution < -0.4 is 5.32 Å². The van der Waals surface area contributed by atoms with E-state index in [1.807, 2.05) is 19.9 Å². The fraction of sp³-hybridized carbons (Fsp3) is 0.133. The van der Waals surface area contributed by atoms with E-state index in [1.165, 1.54) is 12.1 Å². The van der Waals surface area contributed by atoms with E-state index >= 15 is 0 Å². The van der Waals surface area contributed by atoms with Crippen LogP contribution in [0.5, 0.6) is 0 Å². The maximum atomic E-state index is 13.6. The number of benzene rings is 2. The van der Waals surface area contributed by atoms with E-state index < -0.39 is 5.82 Å². The zero-order valence-electron chi connectivity index (χ0n) is 10.6. The van der Waals surface area contributed by atoms with Crippen LogP contribution >= 0.6 is 11.6 Å². The van der Waals surface area contributed by atoms with Gasteiger partial charge in [-0.1, -0.05) is 17.7 Å². The first-order chi connectivity index (χ1) is 8.97. The lowest BCUT2D eigenvalue weighted by Crippen LogP contribution is -2.13. The number of carbonyl (C=O) groups excluding carboxylic acids is 1. The van der Waals surface area contributed by atoms with Crippen LogP contribution in [0, 0.1) is 19.7 Å². The predicted molar refractivity (Wildman–Crippen MR) is 75.3 cm³/mol. The molecule has 0 heterocycles. The second kappa shape index (κ2) is 5.41. The van der Waals surface area contributed by atoms with Gasteiger partial charge in [-0.25, -0.2) is 4.39 Å². The lowest BCUT2D eigenvalue weighted by Gasteiger charge is -2.08. The predicted octanol–water partition coefficient (Wildman–Crippen LogP) is 4.35. The SMILES string of the molecule is Cc1ccc(C(=O)Nc2ccc(Cl)cc2F)cc1C. The third kappa shape index (κ3) is 3.12. The van der Waals surface area contributed by atoms with Gasteiger partial charge in [-0.05, 0) is 55.3 Å². The third-order valence-electron chi connectivity index (χ3n) is 2.95. The summed E-state index contributed by atoms with van der Waals surface area (Å²) < 4.78 is 13.6. The van der Waals surface area contributed by atoms with Gasteiger partial charge in [0.15, 0.2) is 0 Å². The molecule has 0 radical (unpaired) electrons. The lowest BCUT2D eigenvalue weighted by atomic mass is 10.1. The Hall–Kier alpha value is -1.87. The van der Waals surface area contributed by atoms with Crippen LogP contribution in [0.3, 0.4) is 0 Å². The number of rotatable bonds is 2. The average molecular weight is 278 g/mol. The van der Waals surface area contributed by atoms with Crippen LogP contribution in [0.4, 0.5) is 10.1 Å². The molecule has 98 valence electrons. The highest BCUT2D eigenvalue weighted by molar-refractivity contribution is 6.30. The molecule has 0 fully saturated rings. The van der Waals surface area contributed by atoms with E-state index in [2.05, 4.69) is 5.32 Å². The summed E-state index contributed by atoms with van der Waals surface area (Å²) in [5.41, 5.74) is 2.74. The Morgan fingerprint density at radius 2 is 1.84 bits per heavy atom. The number of hydrogen-bond donors (Lipinski definition) is 1. The standard InChI is InChI=1S/C15H13ClFNO/c1-9-3-4-11(7-10(9)2)15(19)18-14-6-5-12(16)8-13(14)17/h3-8H,1-2H3,(H,18,19). The van der Waals surface area contributed by atoms with Crippen molar-refractivity contribution in [2.24, 2.45) is 0 Å². The molecule has 0 saturated carbocycles. The summed E-state index contributed by atoms with van der Waals surface area (Å²) in [6.07, 6.45) is 0. The summed E-state index contributed by atoms with van der Waals surface area (Å²) in [4.78, 5) is 12.0. The molecule has 2 aromatic carbocycles. The number of anilines is 1. The van der Waals surface area contributed by atoms with E-state index in [1.54, 1.807) is 12.1 Å². The zero-order chi connectivity index (χ0) is 14.0. The fourth-order valence-corrected chi connectivity index (χ4v) is 1.83. The molecule has 19 heavy (non-hydrogen) atoms. The van der Waals surface area contributed by atoms with Crippen molar-refractivity contribution in [3.05, 3.63) is 63.9 Å². The minimum atomic E-state index is -0.551. The van der Waals surface area contributed by atoms with Gasteiger partial charge in [0.05, 0.1) is 5.69 Å². The lowest BCUT2D eigenvalue weighted by molar-refractivity contribution is 0.102. The molecular weight excluding hydrogens is 265 g/mol. The number of amides is 1. The summed E-state index contributed by atoms with van der Waals surface area (Å²) in [6, 6.07) is 9.49. The van der Waals surface area contributed by atoms with Crippen LogP contribution in [0.2, 0.25) is 5.02 Å². The molecule has 0 aliphatic heterocycles. The van der Waals surface area contributed by atoms with Crippen molar-refractivity contribution in [3.8, 4) is 0 Å². The van der Waals surface area contributed by atoms with E-state index in [-0.39, 0.29) is 11.6 Å². The highest BCUT2D eigenvalue weighted by atomic mass is 35.5. The molecule has 1 amide bonds. The van der Waals surface area contributed by atoms with Crippen LogP contribution in [-0.2, 0) is 0 Å². The number of nitrogens with one attached hydrogen (secondary N) is 1. The highest BCUT2D eigenvalue weighted by Crippen LogP contribution is 2.20. The van der Waals surface area contributed by atoms with Gasteiger partial charge >= 0.3 is 0 Å². The molecule has 0 bridgehead atoms. The van der Waals surface area contributed by atoms with E-state index in [0.717, 1.165) is 17.2 Å². The topological polar surface area (TPSA) is 29.1 Å². The molecule has 0 aromatic heterocycles. The van der Waals surface area contributed by atoms with Crippen molar-refractivity contribution in [1.29, 1.82) is 0 Å². The van der Waals surface area contributed by atoms with Gasteiger partial charge in [-0.2, -0.15) is 0 Å². The number of halogens is 2. The van der Waals surface area contributed by atoms with Gasteiger partial charge in [-0.3, -0.25) is 4.79 Å². The Kier molecular flexibility index (Phi) is 3.86. The molecule has 0 aliphatic rings. The molecular formula is C15H13ClFNO. The quantitative estimate of drug-likeness (QED) is 0.869. The Balaban J connectivity index is 2.23. The molecule has 2 rings (SSSR count). The van der Waals surface area contributed by atoms with Crippen LogP contribution in [0.1, 0.15) is 21.5 Å². The van der Waals surface area contributed by atoms with Crippen molar-refractivity contribution in [3.63, 3.8) is 0 Å². The molecule has 0 atom stereocenters. The second-order valence-corrected chi connectivity index (χ2v) is 4.81. The van der Waals surface area contributed by atoms with Crippen molar-refractivity contribution < 1.29 is 9.18 Å². The largest absolute Gasteiger partial charge is 0.319 e. The van der Waals surface area contributed by atoms with E-state index in [9.17, 15) is 9.18 Å². The fourth-order valence-electron chi connectivity index (χ4n) is 1.67. The molecule has 1 N–H and O–H groups in total. The first-order valence-electron chi connectivity index (χ1n) is 5.81. The summed E-state index contributed by atoms with van der Waals surface area (Å²) in [5.74, 6) is -0.894. The molecule has 0 spiro atoms. The first-order valence-corrected chi connectivity index (χ1v) is 6.19. The van der Waals surface area contributed by atoms with E-state index in [4.69, 9.17) is 11.6 Å². The van der Waals surface area contributed by atoms with Gasteiger partial charge in [0.1, 0.15) is 5.82 Å². The molecule has 0 unspecified atom stereocenters. The average Bonchev–Trinajstić information content (AvgIpc) is 2.36. The molecule has 2 nitrogen and oxygen atoms in total. The summed E-state index contributed by atoms with van der Waals surface area (Å²) in [7, 11) is 0. The Bertz CT molecular complexity index is 640. The van der Waals surface area contributed by atoms with Crippen LogP contribution in [0.25, 0.3) is 0 Å². The molecule has 0 aliphatic carbocycles. The number of carbonyl (C=O) groups is 1. The van der Waals surface area contributed by atoms with Gasteiger partial charge < -0.3 is 5.32 Å². The number of hydrogen-bond acceptors (Lipinski definition) is 1. The zero-order valence-corrected chi connectivity index (χ0v) is 11.4. The van der Waals surface area contributed by atoms with Gasteiger partial charge in [0.25, 0.3) is 5.91 Å². The smallest absolute Gasteiger partial charge is 0.255 e. The van der Waals surface area contributed by atoms with Crippen molar-refractivity contribution in [2.75, 3.05) is 5.32 Å². The van der Waals surface area contributed by atoms with Crippen LogP contribution in [-0.4, -0.2) is 5.91 Å².